The summed E-state index contributed by atoms with van der Waals surface area (Å²) in [5, 5.41) is 6.49. The fourth-order valence-corrected chi connectivity index (χ4v) is 2.23. The fraction of sp³-hybridized carbons (Fsp3) is 0.176. The van der Waals surface area contributed by atoms with Crippen molar-refractivity contribution in [3.8, 4) is 11.4 Å². The number of benzene rings is 1. The molecule has 3 rings (SSSR count). The summed E-state index contributed by atoms with van der Waals surface area (Å²) in [5.41, 5.74) is 2.08. The van der Waals surface area contributed by atoms with E-state index in [1.165, 1.54) is 6.07 Å². The molecule has 0 aliphatic rings. The van der Waals surface area contributed by atoms with Crippen LogP contribution in [0, 0.1) is 5.82 Å². The van der Waals surface area contributed by atoms with Gasteiger partial charge in [-0.3, -0.25) is 9.78 Å². The van der Waals surface area contributed by atoms with Gasteiger partial charge in [-0.1, -0.05) is 17.3 Å². The first-order valence-corrected chi connectivity index (χ1v) is 7.40. The zero-order valence-electron chi connectivity index (χ0n) is 13.0. The van der Waals surface area contributed by atoms with Crippen molar-refractivity contribution >= 4 is 5.91 Å². The van der Waals surface area contributed by atoms with Gasteiger partial charge in [0.2, 0.25) is 11.7 Å². The van der Waals surface area contributed by atoms with Crippen LogP contribution < -0.4 is 5.32 Å². The molecule has 0 aliphatic carbocycles. The van der Waals surface area contributed by atoms with Crippen LogP contribution >= 0.6 is 0 Å². The van der Waals surface area contributed by atoms with Crippen molar-refractivity contribution in [3.63, 3.8) is 0 Å². The maximum absolute atomic E-state index is 13.1. The number of nitrogens with zero attached hydrogens (tertiary/aromatic N) is 3. The van der Waals surface area contributed by atoms with Gasteiger partial charge in [0.15, 0.2) is 0 Å². The Morgan fingerprint density at radius 1 is 1.21 bits per heavy atom. The monoisotopic (exact) mass is 326 g/mol. The van der Waals surface area contributed by atoms with Gasteiger partial charge in [0, 0.05) is 30.8 Å². The van der Waals surface area contributed by atoms with Crippen molar-refractivity contribution in [3.05, 3.63) is 65.6 Å². The minimum Gasteiger partial charge on any atom is -0.355 e. The Labute approximate surface area is 137 Å². The fourth-order valence-electron chi connectivity index (χ4n) is 2.23. The van der Waals surface area contributed by atoms with Gasteiger partial charge in [-0.2, -0.15) is 4.98 Å². The van der Waals surface area contributed by atoms with Crippen LogP contribution in [-0.2, 0) is 12.8 Å². The van der Waals surface area contributed by atoms with Crippen LogP contribution in [0.25, 0.3) is 11.4 Å². The summed E-state index contributed by atoms with van der Waals surface area (Å²) in [7, 11) is 1.58. The van der Waals surface area contributed by atoms with E-state index in [4.69, 9.17) is 4.52 Å². The smallest absolute Gasteiger partial charge is 0.251 e. The molecular formula is C17H15FN4O2. The molecule has 0 saturated heterocycles. The molecule has 0 saturated carbocycles. The predicted molar refractivity (Wildman–Crippen MR) is 84.7 cm³/mol. The molecule has 6 nitrogen and oxygen atoms in total. The Morgan fingerprint density at radius 2 is 2.00 bits per heavy atom. The number of aromatic nitrogens is 3. The molecule has 0 spiro atoms. The largest absolute Gasteiger partial charge is 0.355 e. The second kappa shape index (κ2) is 6.99. The number of amides is 1. The first-order valence-electron chi connectivity index (χ1n) is 7.40. The highest BCUT2D eigenvalue weighted by Crippen LogP contribution is 2.17. The molecule has 0 radical (unpaired) electrons. The topological polar surface area (TPSA) is 80.9 Å². The van der Waals surface area contributed by atoms with Gasteiger partial charge in [-0.25, -0.2) is 4.39 Å². The number of nitrogens with one attached hydrogen (secondary N) is 1. The van der Waals surface area contributed by atoms with Crippen molar-refractivity contribution in [2.24, 2.45) is 0 Å². The Bertz CT molecular complexity index is 846. The number of rotatable bonds is 5. The quantitative estimate of drug-likeness (QED) is 0.779. The lowest BCUT2D eigenvalue weighted by atomic mass is 10.1. The highest BCUT2D eigenvalue weighted by molar-refractivity contribution is 5.94. The van der Waals surface area contributed by atoms with Gasteiger partial charge < -0.3 is 9.84 Å². The Hall–Kier alpha value is -3.09. The normalized spacial score (nSPS) is 10.6. The van der Waals surface area contributed by atoms with Crippen molar-refractivity contribution in [1.29, 1.82) is 0 Å². The number of carbonyl (C=O) groups excluding carboxylic acids is 1. The lowest BCUT2D eigenvalue weighted by Gasteiger charge is -2.00. The molecule has 7 heteroatoms. The number of hydrogen-bond acceptors (Lipinski definition) is 5. The van der Waals surface area contributed by atoms with Gasteiger partial charge in [-0.05, 0) is 30.2 Å². The lowest BCUT2D eigenvalue weighted by Crippen LogP contribution is -2.17. The average molecular weight is 326 g/mol. The minimum absolute atomic E-state index is 0.154. The molecule has 0 unspecified atom stereocenters. The third-order valence-electron chi connectivity index (χ3n) is 3.49. The minimum atomic E-state index is -0.366. The summed E-state index contributed by atoms with van der Waals surface area (Å²) < 4.78 is 18.3. The SMILES string of the molecule is CNC(=O)c1ccc(-c2noc(CCc3cncc(F)c3)n2)cc1. The summed E-state index contributed by atoms with van der Waals surface area (Å²) >= 11 is 0. The number of aryl methyl sites for hydroxylation is 2. The van der Waals surface area contributed by atoms with Gasteiger partial charge in [0.1, 0.15) is 5.82 Å². The van der Waals surface area contributed by atoms with Crippen LogP contribution in [-0.4, -0.2) is 28.1 Å². The van der Waals surface area contributed by atoms with Crippen LogP contribution in [0.2, 0.25) is 0 Å². The number of pyridine rings is 1. The summed E-state index contributed by atoms with van der Waals surface area (Å²) in [5.74, 6) is 0.393. The zero-order valence-corrected chi connectivity index (χ0v) is 13.0. The van der Waals surface area contributed by atoms with Crippen molar-refractivity contribution in [2.45, 2.75) is 12.8 Å². The van der Waals surface area contributed by atoms with Crippen LogP contribution in [0.5, 0.6) is 0 Å². The molecule has 3 aromatic rings. The zero-order chi connectivity index (χ0) is 16.9. The molecule has 24 heavy (non-hydrogen) atoms. The second-order valence-electron chi connectivity index (χ2n) is 5.18. The summed E-state index contributed by atoms with van der Waals surface area (Å²) in [6.07, 6.45) is 3.82. The van der Waals surface area contributed by atoms with Crippen LogP contribution in [0.4, 0.5) is 4.39 Å². The lowest BCUT2D eigenvalue weighted by molar-refractivity contribution is 0.0963. The van der Waals surface area contributed by atoms with Gasteiger partial charge >= 0.3 is 0 Å². The molecule has 1 aromatic carbocycles. The van der Waals surface area contributed by atoms with Crippen molar-refractivity contribution in [2.75, 3.05) is 7.05 Å². The van der Waals surface area contributed by atoms with Crippen molar-refractivity contribution < 1.29 is 13.7 Å². The molecule has 2 heterocycles. The highest BCUT2D eigenvalue weighted by Gasteiger charge is 2.10. The van der Waals surface area contributed by atoms with E-state index in [1.807, 2.05) is 0 Å². The van der Waals surface area contributed by atoms with Crippen LogP contribution in [0.3, 0.4) is 0 Å². The predicted octanol–water partition coefficient (Wildman–Crippen LogP) is 2.42. The van der Waals surface area contributed by atoms with E-state index < -0.39 is 0 Å². The Balaban J connectivity index is 1.68. The third kappa shape index (κ3) is 3.62. The molecule has 0 fully saturated rings. The number of carbonyl (C=O) groups is 1. The van der Waals surface area contributed by atoms with E-state index in [-0.39, 0.29) is 11.7 Å². The summed E-state index contributed by atoms with van der Waals surface area (Å²) in [4.78, 5) is 19.6. The maximum atomic E-state index is 13.1. The highest BCUT2D eigenvalue weighted by atomic mass is 19.1. The molecule has 0 atom stereocenters. The Morgan fingerprint density at radius 3 is 2.71 bits per heavy atom. The van der Waals surface area contributed by atoms with E-state index in [0.29, 0.717) is 30.1 Å². The van der Waals surface area contributed by atoms with Crippen LogP contribution in [0.15, 0.2) is 47.2 Å². The number of hydrogen-bond donors (Lipinski definition) is 1. The maximum Gasteiger partial charge on any atom is 0.251 e. The van der Waals surface area contributed by atoms with E-state index >= 15 is 0 Å². The molecule has 122 valence electrons. The number of halogens is 1. The van der Waals surface area contributed by atoms with Crippen molar-refractivity contribution in [1.82, 2.24) is 20.4 Å². The average Bonchev–Trinajstić information content (AvgIpc) is 3.08. The molecule has 0 aliphatic heterocycles. The van der Waals surface area contributed by atoms with E-state index in [2.05, 4.69) is 20.4 Å². The molecule has 1 amide bonds. The summed E-state index contributed by atoms with van der Waals surface area (Å²) in [6, 6.07) is 8.35. The first-order chi connectivity index (χ1) is 11.7. The molecule has 1 N–H and O–H groups in total. The molecular weight excluding hydrogens is 311 g/mol. The van der Waals surface area contributed by atoms with Crippen LogP contribution in [0.1, 0.15) is 21.8 Å². The molecule has 0 bridgehead atoms. The first kappa shape index (κ1) is 15.8. The van der Waals surface area contributed by atoms with E-state index in [9.17, 15) is 9.18 Å². The van der Waals surface area contributed by atoms with E-state index in [0.717, 1.165) is 17.3 Å². The summed E-state index contributed by atoms with van der Waals surface area (Å²) in [6.45, 7) is 0. The van der Waals surface area contributed by atoms with E-state index in [1.54, 1.807) is 37.5 Å². The van der Waals surface area contributed by atoms with Gasteiger partial charge in [0.05, 0.1) is 6.20 Å². The third-order valence-corrected chi connectivity index (χ3v) is 3.49. The molecule has 2 aromatic heterocycles. The van der Waals surface area contributed by atoms with Gasteiger partial charge in [-0.15, -0.1) is 0 Å². The standard InChI is InChI=1S/C17H15FN4O2/c1-19-17(23)13-5-3-12(4-6-13)16-21-15(24-22-16)7-2-11-8-14(18)10-20-9-11/h3-6,8-10H,2,7H2,1H3,(H,19,23). The Kier molecular flexibility index (Phi) is 4.60. The van der Waals surface area contributed by atoms with Gasteiger partial charge in [0.25, 0.3) is 5.91 Å². The second-order valence-corrected chi connectivity index (χ2v) is 5.18.